The monoisotopic (exact) mass is 572 g/mol. The van der Waals surface area contributed by atoms with Crippen LogP contribution in [0.5, 0.6) is 11.5 Å². The minimum absolute atomic E-state index is 0.0187. The van der Waals surface area contributed by atoms with E-state index < -0.39 is 0 Å². The number of likely N-dealkylation sites (N-methyl/N-ethyl adjacent to an activating group) is 1. The van der Waals surface area contributed by atoms with Crippen LogP contribution in [-0.2, 0) is 16.6 Å². The zero-order valence-electron chi connectivity index (χ0n) is 25.0. The van der Waals surface area contributed by atoms with Crippen molar-refractivity contribution >= 4 is 11.7 Å². The molecular formula is C35H44N2O5. The fourth-order valence-corrected chi connectivity index (χ4v) is 9.09. The molecule has 3 fully saturated rings. The van der Waals surface area contributed by atoms with E-state index in [2.05, 4.69) is 28.9 Å². The molecule has 2 aromatic rings. The molecule has 7 heteroatoms. The van der Waals surface area contributed by atoms with Gasteiger partial charge in [0.05, 0.1) is 19.3 Å². The lowest BCUT2D eigenvalue weighted by Crippen LogP contribution is -2.69. The first-order chi connectivity index (χ1) is 20.5. The number of nitrogens with zero attached hydrogens (tertiary/aromatic N) is 2. The van der Waals surface area contributed by atoms with Gasteiger partial charge in [0, 0.05) is 54.4 Å². The van der Waals surface area contributed by atoms with E-state index in [0.717, 1.165) is 62.3 Å². The van der Waals surface area contributed by atoms with Crippen LogP contribution in [0.1, 0.15) is 79.8 Å². The largest absolute Gasteiger partial charge is 0.493 e. The summed E-state index contributed by atoms with van der Waals surface area (Å²) in [5, 5.41) is 10.1. The van der Waals surface area contributed by atoms with E-state index in [1.165, 1.54) is 11.1 Å². The van der Waals surface area contributed by atoms with Gasteiger partial charge in [0.1, 0.15) is 6.10 Å². The summed E-state index contributed by atoms with van der Waals surface area (Å²) in [6, 6.07) is 14.2. The number of ether oxygens (including phenoxy) is 2. The van der Waals surface area contributed by atoms with Gasteiger partial charge in [-0.1, -0.05) is 36.4 Å². The molecule has 7 rings (SSSR count). The Morgan fingerprint density at radius 3 is 2.64 bits per heavy atom. The summed E-state index contributed by atoms with van der Waals surface area (Å²) in [6.45, 7) is 4.73. The highest BCUT2D eigenvalue weighted by atomic mass is 16.5. The molecule has 1 amide bonds. The average molecular weight is 573 g/mol. The number of carbonyl (C=O) groups is 2. The first-order valence-corrected chi connectivity index (χ1v) is 16.1. The fraction of sp³-hybridized carbons (Fsp3) is 0.600. The van der Waals surface area contributed by atoms with E-state index >= 15 is 0 Å². The van der Waals surface area contributed by atoms with E-state index in [1.54, 1.807) is 7.11 Å². The number of Topliss-reactive ketones (excluding diaryl/α,β-unsaturated/α-hetero) is 1. The highest BCUT2D eigenvalue weighted by Gasteiger charge is 2.66. The van der Waals surface area contributed by atoms with Crippen molar-refractivity contribution in [3.63, 3.8) is 0 Å². The zero-order valence-corrected chi connectivity index (χ0v) is 25.0. The topological polar surface area (TPSA) is 79.3 Å². The molecule has 2 saturated carbocycles. The number of methoxy groups -OCH3 is 1. The highest BCUT2D eigenvalue weighted by Crippen LogP contribution is 2.64. The average Bonchev–Trinajstić information content (AvgIpc) is 3.59. The van der Waals surface area contributed by atoms with Crippen molar-refractivity contribution in [2.75, 3.05) is 26.7 Å². The van der Waals surface area contributed by atoms with Gasteiger partial charge in [0.15, 0.2) is 17.3 Å². The third-order valence-electron chi connectivity index (χ3n) is 11.2. The summed E-state index contributed by atoms with van der Waals surface area (Å²) in [5.74, 6) is 2.91. The van der Waals surface area contributed by atoms with Crippen LogP contribution in [0, 0.1) is 11.8 Å². The maximum absolute atomic E-state index is 13.7. The molecule has 1 N–H and O–H groups in total. The fourth-order valence-electron chi connectivity index (χ4n) is 9.09. The molecule has 42 heavy (non-hydrogen) atoms. The minimum atomic E-state index is -0.133. The molecule has 1 spiro atoms. The molecule has 224 valence electrons. The molecule has 7 nitrogen and oxygen atoms in total. The van der Waals surface area contributed by atoms with Gasteiger partial charge in [-0.25, -0.2) is 0 Å². The maximum atomic E-state index is 13.7. The highest BCUT2D eigenvalue weighted by molar-refractivity contribution is 5.95. The second kappa shape index (κ2) is 11.0. The number of likely N-dealkylation sites (tertiary alicyclic amines) is 1. The van der Waals surface area contributed by atoms with Gasteiger partial charge < -0.3 is 19.5 Å². The van der Waals surface area contributed by atoms with Crippen molar-refractivity contribution in [2.24, 2.45) is 11.8 Å². The Morgan fingerprint density at radius 2 is 1.90 bits per heavy atom. The third-order valence-corrected chi connectivity index (χ3v) is 11.2. The van der Waals surface area contributed by atoms with Crippen molar-refractivity contribution in [1.29, 1.82) is 0 Å². The number of unbranched alkanes of at least 4 members (excludes halogenated alkanes) is 1. The van der Waals surface area contributed by atoms with Crippen LogP contribution < -0.4 is 9.47 Å². The molecule has 1 saturated heterocycles. The molecule has 7 atom stereocenters. The lowest BCUT2D eigenvalue weighted by Gasteiger charge is -2.60. The Hall–Kier alpha value is -2.90. The summed E-state index contributed by atoms with van der Waals surface area (Å²) >= 11 is 0. The SMILES string of the molecule is CCN(C(=O)CCCCC(=O)c1ccccc1)[C@H]1CC[C@H]2[C@H]3Cc4ccc(OC)c5c4[C@@]2(CCN3CC2CC2O)[C@H]1O5. The van der Waals surface area contributed by atoms with Crippen molar-refractivity contribution in [3.8, 4) is 11.5 Å². The Balaban J connectivity index is 1.10. The number of benzene rings is 2. The molecular weight excluding hydrogens is 528 g/mol. The van der Waals surface area contributed by atoms with Crippen LogP contribution in [0.2, 0.25) is 0 Å². The van der Waals surface area contributed by atoms with Crippen LogP contribution in [0.15, 0.2) is 42.5 Å². The maximum Gasteiger partial charge on any atom is 0.222 e. The van der Waals surface area contributed by atoms with E-state index in [4.69, 9.17) is 9.47 Å². The van der Waals surface area contributed by atoms with Crippen molar-refractivity contribution < 1.29 is 24.2 Å². The standard InChI is InChI=1S/C35H44N2O5/c1-3-37(31(40)12-8-7-11-28(38)22-9-5-4-6-10-22)26-15-14-25-27-19-23-13-16-30(41-2)33-32(23)35(25,34(26)42-33)17-18-36(27)21-24-20-29(24)39/h4-6,9-10,13,16,24-27,29,34,39H,3,7-8,11-12,14-15,17-21H2,1-2H3/t24?,25-,26-,27+,29?,34-,35-/m0/s1. The van der Waals surface area contributed by atoms with Crippen molar-refractivity contribution in [1.82, 2.24) is 9.80 Å². The molecule has 2 unspecified atom stereocenters. The van der Waals surface area contributed by atoms with Gasteiger partial charge >= 0.3 is 0 Å². The van der Waals surface area contributed by atoms with Crippen LogP contribution in [0.25, 0.3) is 0 Å². The second-order valence-electron chi connectivity index (χ2n) is 13.2. The number of rotatable bonds is 11. The minimum Gasteiger partial charge on any atom is -0.493 e. The van der Waals surface area contributed by atoms with E-state index in [9.17, 15) is 14.7 Å². The van der Waals surface area contributed by atoms with E-state index in [0.29, 0.717) is 50.1 Å². The normalized spacial score (nSPS) is 32.1. The molecule has 3 aliphatic carbocycles. The van der Waals surface area contributed by atoms with Crippen LogP contribution in [-0.4, -0.2) is 77.6 Å². The number of ketones is 1. The molecule has 2 aliphatic heterocycles. The van der Waals surface area contributed by atoms with Gasteiger partial charge in [-0.05, 0) is 76.0 Å². The molecule has 5 aliphatic rings. The van der Waals surface area contributed by atoms with Crippen molar-refractivity contribution in [3.05, 3.63) is 59.2 Å². The number of hydrogen-bond acceptors (Lipinski definition) is 6. The van der Waals surface area contributed by atoms with Gasteiger partial charge in [-0.3, -0.25) is 14.5 Å². The van der Waals surface area contributed by atoms with Crippen molar-refractivity contribution in [2.45, 2.75) is 94.4 Å². The summed E-state index contributed by atoms with van der Waals surface area (Å²) in [5.41, 5.74) is 3.35. The van der Waals surface area contributed by atoms with Gasteiger partial charge in [-0.2, -0.15) is 0 Å². The number of piperidine rings is 1. The predicted molar refractivity (Wildman–Crippen MR) is 160 cm³/mol. The van der Waals surface area contributed by atoms with Crippen LogP contribution >= 0.6 is 0 Å². The molecule has 2 aromatic carbocycles. The van der Waals surface area contributed by atoms with Gasteiger partial charge in [0.25, 0.3) is 0 Å². The molecule has 0 radical (unpaired) electrons. The van der Waals surface area contributed by atoms with E-state index in [-0.39, 0.29) is 35.4 Å². The number of aliphatic hydroxyl groups excluding tert-OH is 1. The Kier molecular flexibility index (Phi) is 7.30. The quantitative estimate of drug-likeness (QED) is 0.309. The zero-order chi connectivity index (χ0) is 29.0. The van der Waals surface area contributed by atoms with E-state index in [1.807, 2.05) is 30.3 Å². The number of amides is 1. The summed E-state index contributed by atoms with van der Waals surface area (Å²) in [4.78, 5) is 31.0. The lowest BCUT2D eigenvalue weighted by molar-refractivity contribution is -0.142. The first-order valence-electron chi connectivity index (χ1n) is 16.1. The van der Waals surface area contributed by atoms with Gasteiger partial charge in [-0.15, -0.1) is 0 Å². The summed E-state index contributed by atoms with van der Waals surface area (Å²) < 4.78 is 12.8. The Bertz CT molecular complexity index is 1350. The Labute approximate surface area is 249 Å². The Morgan fingerprint density at radius 1 is 1.12 bits per heavy atom. The molecule has 2 bridgehead atoms. The van der Waals surface area contributed by atoms with Crippen LogP contribution in [0.3, 0.4) is 0 Å². The second-order valence-corrected chi connectivity index (χ2v) is 13.2. The summed E-state index contributed by atoms with van der Waals surface area (Å²) in [7, 11) is 1.72. The first kappa shape index (κ1) is 27.9. The third kappa shape index (κ3) is 4.46. The summed E-state index contributed by atoms with van der Waals surface area (Å²) in [6.07, 6.45) is 7.10. The smallest absolute Gasteiger partial charge is 0.222 e. The molecule has 2 heterocycles. The lowest BCUT2D eigenvalue weighted by atomic mass is 9.51. The number of aliphatic hydroxyl groups is 1. The molecule has 0 aromatic heterocycles. The number of carbonyl (C=O) groups excluding carboxylic acids is 2. The predicted octanol–water partition coefficient (Wildman–Crippen LogP) is 4.78. The number of hydrogen-bond donors (Lipinski definition) is 1. The van der Waals surface area contributed by atoms with Crippen LogP contribution in [0.4, 0.5) is 0 Å². The van der Waals surface area contributed by atoms with Gasteiger partial charge in [0.2, 0.25) is 5.91 Å².